The van der Waals surface area contributed by atoms with Gasteiger partial charge in [-0.15, -0.1) is 0 Å². The first-order chi connectivity index (χ1) is 8.99. The zero-order chi connectivity index (χ0) is 14.0. The molecule has 0 fully saturated rings. The Morgan fingerprint density at radius 2 is 1.63 bits per heavy atom. The van der Waals surface area contributed by atoms with Gasteiger partial charge in [-0.1, -0.05) is 49.7 Å². The van der Waals surface area contributed by atoms with E-state index in [2.05, 4.69) is 29.8 Å². The number of carbonyl (C=O) groups is 1. The van der Waals surface area contributed by atoms with Gasteiger partial charge in [-0.25, -0.2) is 0 Å². The second-order valence-corrected chi connectivity index (χ2v) is 6.00. The van der Waals surface area contributed by atoms with Gasteiger partial charge in [0.05, 0.1) is 5.02 Å². The van der Waals surface area contributed by atoms with Crippen LogP contribution in [0.5, 0.6) is 0 Å². The summed E-state index contributed by atoms with van der Waals surface area (Å²) in [5.41, 5.74) is 2.56. The van der Waals surface area contributed by atoms with E-state index in [4.69, 9.17) is 11.6 Å². The highest BCUT2D eigenvalue weighted by molar-refractivity contribution is 9.10. The lowest BCUT2D eigenvalue weighted by atomic mass is 9.98. The number of rotatable bonds is 3. The van der Waals surface area contributed by atoms with Crippen LogP contribution in [0.4, 0.5) is 0 Å². The average molecular weight is 338 g/mol. The fourth-order valence-electron chi connectivity index (χ4n) is 1.82. The first-order valence-electron chi connectivity index (χ1n) is 6.08. The van der Waals surface area contributed by atoms with E-state index in [1.807, 2.05) is 24.3 Å². The number of carbonyl (C=O) groups excluding carboxylic acids is 1. The molecule has 0 aliphatic heterocycles. The van der Waals surface area contributed by atoms with Crippen molar-refractivity contribution in [1.82, 2.24) is 0 Å². The van der Waals surface area contributed by atoms with Crippen LogP contribution >= 0.6 is 27.5 Å². The zero-order valence-electron chi connectivity index (χ0n) is 10.8. The highest BCUT2D eigenvalue weighted by Gasteiger charge is 2.11. The van der Waals surface area contributed by atoms with E-state index in [-0.39, 0.29) is 5.78 Å². The Balaban J connectivity index is 2.30. The van der Waals surface area contributed by atoms with Gasteiger partial charge < -0.3 is 0 Å². The Bertz CT molecular complexity index is 603. The molecule has 0 amide bonds. The Labute approximate surface area is 126 Å². The molecular formula is C16H14BrClO. The first-order valence-corrected chi connectivity index (χ1v) is 7.26. The molecule has 0 saturated carbocycles. The van der Waals surface area contributed by atoms with Crippen LogP contribution in [0.25, 0.3) is 0 Å². The average Bonchev–Trinajstić information content (AvgIpc) is 2.41. The molecule has 0 bridgehead atoms. The summed E-state index contributed by atoms with van der Waals surface area (Å²) in [6, 6.07) is 13.0. The van der Waals surface area contributed by atoms with Crippen molar-refractivity contribution in [2.75, 3.05) is 0 Å². The van der Waals surface area contributed by atoms with Gasteiger partial charge >= 0.3 is 0 Å². The third-order valence-electron chi connectivity index (χ3n) is 3.02. The molecule has 0 radical (unpaired) electrons. The Kier molecular flexibility index (Phi) is 4.43. The van der Waals surface area contributed by atoms with Gasteiger partial charge in [0.15, 0.2) is 5.78 Å². The lowest BCUT2D eigenvalue weighted by molar-refractivity contribution is 0.103. The minimum absolute atomic E-state index is 0.00710. The molecule has 0 aliphatic rings. The third-order valence-corrected chi connectivity index (χ3v) is 4.24. The van der Waals surface area contributed by atoms with Crippen molar-refractivity contribution >= 4 is 33.3 Å². The maximum atomic E-state index is 12.3. The molecule has 2 rings (SSSR count). The molecule has 2 aromatic rings. The van der Waals surface area contributed by atoms with E-state index in [1.165, 1.54) is 5.56 Å². The molecule has 0 aliphatic carbocycles. The van der Waals surface area contributed by atoms with Crippen LogP contribution in [0.3, 0.4) is 0 Å². The van der Waals surface area contributed by atoms with Crippen molar-refractivity contribution in [3.63, 3.8) is 0 Å². The quantitative estimate of drug-likeness (QED) is 0.680. The minimum Gasteiger partial charge on any atom is -0.289 e. The van der Waals surface area contributed by atoms with E-state index in [1.54, 1.807) is 18.2 Å². The molecule has 3 heteroatoms. The Morgan fingerprint density at radius 1 is 1.05 bits per heavy atom. The third kappa shape index (κ3) is 3.26. The summed E-state index contributed by atoms with van der Waals surface area (Å²) in [5.74, 6) is 0.474. The molecule has 19 heavy (non-hydrogen) atoms. The smallest absolute Gasteiger partial charge is 0.193 e. The zero-order valence-corrected chi connectivity index (χ0v) is 13.1. The van der Waals surface area contributed by atoms with E-state index in [9.17, 15) is 4.79 Å². The van der Waals surface area contributed by atoms with E-state index < -0.39 is 0 Å². The van der Waals surface area contributed by atoms with Gasteiger partial charge in [-0.3, -0.25) is 4.79 Å². The molecule has 2 aromatic carbocycles. The summed E-state index contributed by atoms with van der Waals surface area (Å²) < 4.78 is 0.735. The van der Waals surface area contributed by atoms with E-state index in [0.29, 0.717) is 22.1 Å². The molecule has 98 valence electrons. The van der Waals surface area contributed by atoms with Gasteiger partial charge in [-0.2, -0.15) is 0 Å². The summed E-state index contributed by atoms with van der Waals surface area (Å²) >= 11 is 9.26. The van der Waals surface area contributed by atoms with Crippen LogP contribution in [-0.4, -0.2) is 5.78 Å². The van der Waals surface area contributed by atoms with Crippen molar-refractivity contribution in [2.24, 2.45) is 0 Å². The summed E-state index contributed by atoms with van der Waals surface area (Å²) in [6.07, 6.45) is 0. The molecule has 0 heterocycles. The summed E-state index contributed by atoms with van der Waals surface area (Å²) in [4.78, 5) is 12.3. The molecular weight excluding hydrogens is 324 g/mol. The second kappa shape index (κ2) is 5.89. The number of hydrogen-bond donors (Lipinski definition) is 0. The van der Waals surface area contributed by atoms with Crippen molar-refractivity contribution in [3.05, 3.63) is 68.7 Å². The summed E-state index contributed by atoms with van der Waals surface area (Å²) in [7, 11) is 0. The topological polar surface area (TPSA) is 17.1 Å². The molecule has 0 saturated heterocycles. The molecule has 1 nitrogen and oxygen atoms in total. The van der Waals surface area contributed by atoms with Gasteiger partial charge in [-0.05, 0) is 45.6 Å². The molecule has 0 unspecified atom stereocenters. The number of hydrogen-bond acceptors (Lipinski definition) is 1. The highest BCUT2D eigenvalue weighted by Crippen LogP contribution is 2.25. The van der Waals surface area contributed by atoms with Crippen molar-refractivity contribution in [1.29, 1.82) is 0 Å². The Hall–Kier alpha value is -1.12. The maximum Gasteiger partial charge on any atom is 0.193 e. The molecule has 0 atom stereocenters. The normalized spacial score (nSPS) is 10.8. The van der Waals surface area contributed by atoms with Crippen LogP contribution in [0.1, 0.15) is 41.3 Å². The lowest BCUT2D eigenvalue weighted by Crippen LogP contribution is -2.01. The number of benzene rings is 2. The summed E-state index contributed by atoms with van der Waals surface area (Å²) in [5, 5.41) is 0.603. The number of halogens is 2. The SMILES string of the molecule is CC(C)c1ccc(C(=O)c2ccc(Cl)c(Br)c2)cc1. The fourth-order valence-corrected chi connectivity index (χ4v) is 2.32. The van der Waals surface area contributed by atoms with E-state index in [0.717, 1.165) is 4.47 Å². The van der Waals surface area contributed by atoms with E-state index >= 15 is 0 Å². The summed E-state index contributed by atoms with van der Waals surface area (Å²) in [6.45, 7) is 4.26. The van der Waals surface area contributed by atoms with Crippen LogP contribution in [0.2, 0.25) is 5.02 Å². The molecule has 0 aromatic heterocycles. The highest BCUT2D eigenvalue weighted by atomic mass is 79.9. The van der Waals surface area contributed by atoms with Crippen LogP contribution in [-0.2, 0) is 0 Å². The van der Waals surface area contributed by atoms with Gasteiger partial charge in [0.2, 0.25) is 0 Å². The molecule has 0 spiro atoms. The molecule has 0 N–H and O–H groups in total. The first kappa shape index (κ1) is 14.3. The Morgan fingerprint density at radius 3 is 2.16 bits per heavy atom. The second-order valence-electron chi connectivity index (χ2n) is 4.73. The predicted molar refractivity (Wildman–Crippen MR) is 83.1 cm³/mol. The van der Waals surface area contributed by atoms with Gasteiger partial charge in [0.1, 0.15) is 0 Å². The van der Waals surface area contributed by atoms with Crippen LogP contribution in [0.15, 0.2) is 46.9 Å². The standard InChI is InChI=1S/C16H14BrClO/c1-10(2)11-3-5-12(6-4-11)16(19)13-7-8-15(18)14(17)9-13/h3-10H,1-2H3. The van der Waals surface area contributed by atoms with Crippen LogP contribution < -0.4 is 0 Å². The van der Waals surface area contributed by atoms with Crippen LogP contribution in [0, 0.1) is 0 Å². The maximum absolute atomic E-state index is 12.3. The van der Waals surface area contributed by atoms with Gasteiger partial charge in [0, 0.05) is 15.6 Å². The lowest BCUT2D eigenvalue weighted by Gasteiger charge is -2.07. The monoisotopic (exact) mass is 336 g/mol. The number of ketones is 1. The van der Waals surface area contributed by atoms with Crippen molar-refractivity contribution < 1.29 is 4.79 Å². The van der Waals surface area contributed by atoms with Gasteiger partial charge in [0.25, 0.3) is 0 Å². The largest absolute Gasteiger partial charge is 0.289 e. The fraction of sp³-hybridized carbons (Fsp3) is 0.188. The van der Waals surface area contributed by atoms with Crippen molar-refractivity contribution in [3.8, 4) is 0 Å². The predicted octanol–water partition coefficient (Wildman–Crippen LogP) is 5.46. The van der Waals surface area contributed by atoms with Crippen molar-refractivity contribution in [2.45, 2.75) is 19.8 Å². The minimum atomic E-state index is 0.00710.